The molecule has 1 aliphatic heterocycles. The quantitative estimate of drug-likeness (QED) is 0.865. The fraction of sp³-hybridized carbons (Fsp3) is 0.316. The van der Waals surface area contributed by atoms with Gasteiger partial charge in [0.2, 0.25) is 6.10 Å². The maximum atomic E-state index is 11.8. The summed E-state index contributed by atoms with van der Waals surface area (Å²) < 4.78 is 22.8. The van der Waals surface area contributed by atoms with Crippen molar-refractivity contribution in [3.63, 3.8) is 0 Å². The Labute approximate surface area is 145 Å². The highest BCUT2D eigenvalue weighted by molar-refractivity contribution is 5.75. The fourth-order valence-corrected chi connectivity index (χ4v) is 2.72. The Balaban J connectivity index is 2.05. The van der Waals surface area contributed by atoms with E-state index in [1.165, 1.54) is 0 Å². The highest BCUT2D eigenvalue weighted by atomic mass is 16.6. The van der Waals surface area contributed by atoms with E-state index in [1.54, 1.807) is 49.6 Å². The summed E-state index contributed by atoms with van der Waals surface area (Å²) in [6.45, 7) is 2.47. The number of carboxylic acid groups (broad SMARTS) is 1. The topological polar surface area (TPSA) is 74.2 Å². The van der Waals surface area contributed by atoms with Crippen LogP contribution in [0.4, 0.5) is 0 Å². The minimum absolute atomic E-state index is 0.407. The molecule has 1 aliphatic rings. The molecule has 0 bridgehead atoms. The van der Waals surface area contributed by atoms with Crippen LogP contribution in [-0.2, 0) is 4.79 Å². The minimum atomic E-state index is -1.19. The molecule has 0 saturated heterocycles. The van der Waals surface area contributed by atoms with Gasteiger partial charge < -0.3 is 24.1 Å². The van der Waals surface area contributed by atoms with Crippen LogP contribution in [0.2, 0.25) is 0 Å². The molecule has 0 amide bonds. The van der Waals surface area contributed by atoms with Crippen LogP contribution in [0.25, 0.3) is 0 Å². The van der Waals surface area contributed by atoms with Crippen molar-refractivity contribution in [2.45, 2.75) is 25.6 Å². The van der Waals surface area contributed by atoms with Gasteiger partial charge in [-0.2, -0.15) is 0 Å². The van der Waals surface area contributed by atoms with Crippen LogP contribution in [-0.4, -0.2) is 30.9 Å². The maximum Gasteiger partial charge on any atom is 0.349 e. The molecule has 0 aliphatic carbocycles. The third kappa shape index (κ3) is 3.33. The Morgan fingerprint density at radius 3 is 2.48 bits per heavy atom. The first kappa shape index (κ1) is 17.0. The number of methoxy groups -OCH3 is 1. The van der Waals surface area contributed by atoms with Crippen LogP contribution < -0.4 is 18.9 Å². The van der Waals surface area contributed by atoms with E-state index >= 15 is 0 Å². The van der Waals surface area contributed by atoms with Gasteiger partial charge in [-0.15, -0.1) is 0 Å². The average molecular weight is 344 g/mol. The zero-order valence-electron chi connectivity index (χ0n) is 14.1. The van der Waals surface area contributed by atoms with E-state index in [9.17, 15) is 9.90 Å². The number of carbonyl (C=O) groups is 1. The summed E-state index contributed by atoms with van der Waals surface area (Å²) in [6.07, 6.45) is -1.23. The molecule has 2 unspecified atom stereocenters. The van der Waals surface area contributed by atoms with Crippen LogP contribution in [0.1, 0.15) is 25.0 Å². The molecule has 3 rings (SSSR count). The van der Waals surface area contributed by atoms with Crippen LogP contribution in [0, 0.1) is 0 Å². The van der Waals surface area contributed by atoms with Crippen LogP contribution in [0.3, 0.4) is 0 Å². The van der Waals surface area contributed by atoms with Gasteiger partial charge in [-0.05, 0) is 24.6 Å². The summed E-state index contributed by atoms with van der Waals surface area (Å²) in [4.78, 5) is 11.8. The first-order valence-electron chi connectivity index (χ1n) is 8.10. The van der Waals surface area contributed by atoms with Gasteiger partial charge in [-0.3, -0.25) is 0 Å². The Bertz CT molecular complexity index is 757. The number of ether oxygens (including phenoxy) is 4. The van der Waals surface area contributed by atoms with E-state index < -0.39 is 18.2 Å². The Morgan fingerprint density at radius 2 is 1.84 bits per heavy atom. The van der Waals surface area contributed by atoms with E-state index in [2.05, 4.69) is 0 Å². The van der Waals surface area contributed by atoms with E-state index in [0.29, 0.717) is 35.2 Å². The van der Waals surface area contributed by atoms with Crippen LogP contribution in [0.15, 0.2) is 42.5 Å². The first-order valence-corrected chi connectivity index (χ1v) is 8.10. The van der Waals surface area contributed by atoms with Gasteiger partial charge >= 0.3 is 5.97 Å². The van der Waals surface area contributed by atoms with Gasteiger partial charge in [0.1, 0.15) is 0 Å². The lowest BCUT2D eigenvalue weighted by Crippen LogP contribution is -2.39. The largest absolute Gasteiger partial charge is 0.493 e. The van der Waals surface area contributed by atoms with Crippen molar-refractivity contribution in [1.82, 2.24) is 0 Å². The molecule has 25 heavy (non-hydrogen) atoms. The molecular formula is C19H20O6. The molecule has 0 fully saturated rings. The Hall–Kier alpha value is -2.89. The van der Waals surface area contributed by atoms with Crippen molar-refractivity contribution >= 4 is 5.97 Å². The van der Waals surface area contributed by atoms with Crippen molar-refractivity contribution in [3.05, 3.63) is 48.0 Å². The van der Waals surface area contributed by atoms with E-state index in [0.717, 1.165) is 6.42 Å². The summed E-state index contributed by atoms with van der Waals surface area (Å²) in [5.41, 5.74) is 0.578. The smallest absolute Gasteiger partial charge is 0.349 e. The van der Waals surface area contributed by atoms with Gasteiger partial charge in [0.05, 0.1) is 13.7 Å². The lowest BCUT2D eigenvalue weighted by molar-refractivity contribution is -0.151. The number of benzene rings is 2. The number of hydrogen-bond acceptors (Lipinski definition) is 5. The number of rotatable bonds is 6. The van der Waals surface area contributed by atoms with Crippen LogP contribution in [0.5, 0.6) is 23.0 Å². The predicted molar refractivity (Wildman–Crippen MR) is 90.6 cm³/mol. The zero-order chi connectivity index (χ0) is 17.8. The molecule has 1 N–H and O–H groups in total. The van der Waals surface area contributed by atoms with Crippen molar-refractivity contribution in [1.29, 1.82) is 0 Å². The molecule has 6 heteroatoms. The van der Waals surface area contributed by atoms with E-state index in [1.807, 2.05) is 6.92 Å². The molecule has 1 heterocycles. The second-order valence-corrected chi connectivity index (χ2v) is 5.59. The van der Waals surface area contributed by atoms with E-state index in [4.69, 9.17) is 18.9 Å². The normalized spacial score (nSPS) is 18.5. The minimum Gasteiger partial charge on any atom is -0.493 e. The van der Waals surface area contributed by atoms with Crippen molar-refractivity contribution in [3.8, 4) is 23.0 Å². The second-order valence-electron chi connectivity index (χ2n) is 5.59. The number of hydrogen-bond donors (Lipinski definition) is 1. The second kappa shape index (κ2) is 7.34. The molecule has 0 aromatic heterocycles. The van der Waals surface area contributed by atoms with Gasteiger partial charge in [-0.25, -0.2) is 4.79 Å². The summed E-state index contributed by atoms with van der Waals surface area (Å²) in [6, 6.07) is 12.3. The highest BCUT2D eigenvalue weighted by Gasteiger charge is 2.40. The van der Waals surface area contributed by atoms with E-state index in [-0.39, 0.29) is 0 Å². The average Bonchev–Trinajstić information content (AvgIpc) is 2.64. The fourth-order valence-electron chi connectivity index (χ4n) is 2.72. The summed E-state index contributed by atoms with van der Waals surface area (Å²) >= 11 is 0. The molecule has 0 radical (unpaired) electrons. The Morgan fingerprint density at radius 1 is 1.12 bits per heavy atom. The standard InChI is InChI=1S/C19H20O6/c1-3-11-23-16-12(7-6-10-15(16)22-2)17-18(19(20)21)25-14-9-5-4-8-13(14)24-17/h4-10,17-18H,3,11H2,1-2H3,(H,20,21). The number of fused-ring (bicyclic) bond motifs is 1. The molecule has 6 nitrogen and oxygen atoms in total. The zero-order valence-corrected chi connectivity index (χ0v) is 14.1. The summed E-state index contributed by atoms with van der Waals surface area (Å²) in [5.74, 6) is 0.798. The lowest BCUT2D eigenvalue weighted by Gasteiger charge is -2.32. The molecular weight excluding hydrogens is 324 g/mol. The van der Waals surface area contributed by atoms with Gasteiger partial charge in [0, 0.05) is 5.56 Å². The van der Waals surface area contributed by atoms with Gasteiger partial charge in [0.25, 0.3) is 0 Å². The summed E-state index contributed by atoms with van der Waals surface area (Å²) in [5, 5.41) is 9.61. The third-order valence-corrected chi connectivity index (χ3v) is 3.86. The monoisotopic (exact) mass is 344 g/mol. The first-order chi connectivity index (χ1) is 12.2. The molecule has 132 valence electrons. The molecule has 0 saturated carbocycles. The lowest BCUT2D eigenvalue weighted by atomic mass is 10.0. The van der Waals surface area contributed by atoms with Crippen molar-refractivity contribution < 1.29 is 28.8 Å². The third-order valence-electron chi connectivity index (χ3n) is 3.86. The van der Waals surface area contributed by atoms with Crippen molar-refractivity contribution in [2.24, 2.45) is 0 Å². The number of carboxylic acids is 1. The molecule has 2 aromatic carbocycles. The van der Waals surface area contributed by atoms with Gasteiger partial charge in [-0.1, -0.05) is 31.2 Å². The summed E-state index contributed by atoms with van der Waals surface area (Å²) in [7, 11) is 1.54. The molecule has 2 aromatic rings. The van der Waals surface area contributed by atoms with Crippen molar-refractivity contribution in [2.75, 3.05) is 13.7 Å². The maximum absolute atomic E-state index is 11.8. The molecule has 2 atom stereocenters. The van der Waals surface area contributed by atoms with Gasteiger partial charge in [0.15, 0.2) is 29.1 Å². The Kier molecular flexibility index (Phi) is 4.97. The van der Waals surface area contributed by atoms with Crippen LogP contribution >= 0.6 is 0 Å². The number of para-hydroxylation sites is 3. The predicted octanol–water partition coefficient (Wildman–Crippen LogP) is 3.45. The highest BCUT2D eigenvalue weighted by Crippen LogP contribution is 2.44. The number of aliphatic carboxylic acids is 1. The SMILES string of the molecule is CCCOc1c(OC)cccc1C1Oc2ccccc2OC1C(=O)O. The molecule has 0 spiro atoms.